The Morgan fingerprint density at radius 1 is 1.04 bits per heavy atom. The summed E-state index contributed by atoms with van der Waals surface area (Å²) in [6.07, 6.45) is 1.93. The number of hydrogen-bond donors (Lipinski definition) is 1. The third-order valence-electron chi connectivity index (χ3n) is 4.29. The van der Waals surface area contributed by atoms with Crippen LogP contribution in [0.3, 0.4) is 0 Å². The van der Waals surface area contributed by atoms with Crippen LogP contribution in [0.5, 0.6) is 0 Å². The van der Waals surface area contributed by atoms with E-state index in [1.807, 2.05) is 74.1 Å². The molecule has 0 fully saturated rings. The zero-order valence-corrected chi connectivity index (χ0v) is 13.8. The Labute approximate surface area is 136 Å². The third kappa shape index (κ3) is 3.06. The van der Waals surface area contributed by atoms with Crippen LogP contribution >= 0.6 is 0 Å². The number of rotatable bonds is 5. The summed E-state index contributed by atoms with van der Waals surface area (Å²) >= 11 is 0. The average Bonchev–Trinajstić information content (AvgIpc) is 2.91. The number of fused-ring (bicyclic) bond motifs is 1. The van der Waals surface area contributed by atoms with Crippen molar-refractivity contribution < 1.29 is 4.79 Å². The third-order valence-corrected chi connectivity index (χ3v) is 4.29. The predicted octanol–water partition coefficient (Wildman–Crippen LogP) is 3.93. The molecule has 3 nitrogen and oxygen atoms in total. The number of para-hydroxylation sites is 1. The molecular formula is C20H22N2O. The number of hydrogen-bond acceptors (Lipinski definition) is 2. The van der Waals surface area contributed by atoms with Crippen LogP contribution in [0.15, 0.2) is 60.8 Å². The number of carbonyl (C=O) groups is 1. The number of aromatic nitrogens is 1. The molecular weight excluding hydrogens is 284 g/mol. The Morgan fingerprint density at radius 2 is 1.70 bits per heavy atom. The molecule has 0 bridgehead atoms. The van der Waals surface area contributed by atoms with Gasteiger partial charge in [0, 0.05) is 36.3 Å². The molecule has 0 saturated heterocycles. The number of ketones is 1. The largest absolute Gasteiger partial charge is 0.350 e. The number of nitrogens with one attached hydrogen (secondary N) is 1. The Hall–Kier alpha value is -2.39. The minimum absolute atomic E-state index is 0.116. The second kappa shape index (κ2) is 6.01. The summed E-state index contributed by atoms with van der Waals surface area (Å²) in [5, 5.41) is 4.40. The summed E-state index contributed by atoms with van der Waals surface area (Å²) in [6.45, 7) is 4.56. The Kier molecular flexibility index (Phi) is 4.05. The van der Waals surface area contributed by atoms with Gasteiger partial charge in [-0.25, -0.2) is 0 Å². The molecule has 3 heteroatoms. The van der Waals surface area contributed by atoms with Gasteiger partial charge >= 0.3 is 0 Å². The Bertz CT molecular complexity index is 831. The van der Waals surface area contributed by atoms with Gasteiger partial charge in [0.1, 0.15) is 0 Å². The second-order valence-corrected chi connectivity index (χ2v) is 6.46. The van der Waals surface area contributed by atoms with E-state index < -0.39 is 5.54 Å². The highest BCUT2D eigenvalue weighted by molar-refractivity contribution is 6.12. The van der Waals surface area contributed by atoms with Crippen LogP contribution in [-0.2, 0) is 13.6 Å². The molecule has 0 aliphatic heterocycles. The van der Waals surface area contributed by atoms with E-state index in [-0.39, 0.29) is 5.78 Å². The molecule has 0 atom stereocenters. The molecule has 0 unspecified atom stereocenters. The summed E-state index contributed by atoms with van der Waals surface area (Å²) in [6, 6.07) is 18.2. The van der Waals surface area contributed by atoms with Crippen LogP contribution in [-0.4, -0.2) is 15.9 Å². The second-order valence-electron chi connectivity index (χ2n) is 6.46. The molecule has 2 aromatic carbocycles. The number of carbonyl (C=O) groups excluding carboxylic acids is 1. The van der Waals surface area contributed by atoms with Crippen LogP contribution in [0.25, 0.3) is 10.9 Å². The van der Waals surface area contributed by atoms with E-state index in [2.05, 4.69) is 17.4 Å². The van der Waals surface area contributed by atoms with E-state index in [1.54, 1.807) is 0 Å². The number of nitrogens with zero attached hydrogens (tertiary/aromatic N) is 1. The lowest BCUT2D eigenvalue weighted by molar-refractivity contribution is 0.0882. The molecule has 3 aromatic rings. The molecule has 3 rings (SSSR count). The molecule has 0 aliphatic rings. The van der Waals surface area contributed by atoms with Crippen LogP contribution < -0.4 is 5.32 Å². The highest BCUT2D eigenvalue weighted by Crippen LogP contribution is 2.24. The van der Waals surface area contributed by atoms with Crippen molar-refractivity contribution in [3.63, 3.8) is 0 Å². The van der Waals surface area contributed by atoms with Gasteiger partial charge in [0.25, 0.3) is 0 Å². The zero-order chi connectivity index (χ0) is 16.4. The maximum atomic E-state index is 13.0. The first-order valence-corrected chi connectivity index (χ1v) is 7.87. The van der Waals surface area contributed by atoms with E-state index >= 15 is 0 Å². The van der Waals surface area contributed by atoms with E-state index in [9.17, 15) is 4.79 Å². The average molecular weight is 306 g/mol. The van der Waals surface area contributed by atoms with Crippen LogP contribution in [0.1, 0.15) is 29.8 Å². The minimum Gasteiger partial charge on any atom is -0.350 e. The fourth-order valence-electron chi connectivity index (χ4n) is 2.86. The molecule has 0 radical (unpaired) electrons. The van der Waals surface area contributed by atoms with Gasteiger partial charge in [0.05, 0.1) is 5.54 Å². The molecule has 0 amide bonds. The van der Waals surface area contributed by atoms with E-state index in [0.717, 1.165) is 16.5 Å². The van der Waals surface area contributed by atoms with Crippen molar-refractivity contribution in [2.75, 3.05) is 0 Å². The van der Waals surface area contributed by atoms with Gasteiger partial charge in [0.2, 0.25) is 0 Å². The lowest BCUT2D eigenvalue weighted by atomic mass is 9.92. The monoisotopic (exact) mass is 306 g/mol. The molecule has 0 saturated carbocycles. The molecule has 23 heavy (non-hydrogen) atoms. The summed E-state index contributed by atoms with van der Waals surface area (Å²) in [4.78, 5) is 13.0. The van der Waals surface area contributed by atoms with Gasteiger partial charge < -0.3 is 9.88 Å². The Balaban J connectivity index is 1.85. The van der Waals surface area contributed by atoms with Gasteiger partial charge in [-0.05, 0) is 25.5 Å². The summed E-state index contributed by atoms with van der Waals surface area (Å²) in [5.41, 5.74) is 2.40. The molecule has 0 spiro atoms. The van der Waals surface area contributed by atoms with Crippen LogP contribution in [0, 0.1) is 0 Å². The smallest absolute Gasteiger partial charge is 0.184 e. The lowest BCUT2D eigenvalue weighted by Gasteiger charge is -2.24. The van der Waals surface area contributed by atoms with Crippen molar-refractivity contribution in [1.82, 2.24) is 9.88 Å². The summed E-state index contributed by atoms with van der Waals surface area (Å²) < 4.78 is 2.01. The molecule has 0 aliphatic carbocycles. The first-order valence-electron chi connectivity index (χ1n) is 7.87. The summed E-state index contributed by atoms with van der Waals surface area (Å²) in [5.74, 6) is 0.116. The molecule has 1 heterocycles. The zero-order valence-electron chi connectivity index (χ0n) is 13.8. The van der Waals surface area contributed by atoms with E-state index in [1.165, 1.54) is 5.56 Å². The van der Waals surface area contributed by atoms with Crippen molar-refractivity contribution in [2.24, 2.45) is 7.05 Å². The van der Waals surface area contributed by atoms with Crippen molar-refractivity contribution in [3.05, 3.63) is 71.9 Å². The topological polar surface area (TPSA) is 34.0 Å². The first kappa shape index (κ1) is 15.5. The fourth-order valence-corrected chi connectivity index (χ4v) is 2.86. The molecule has 118 valence electrons. The SMILES string of the molecule is Cn1cc(C(=O)C(C)(C)NCc2ccccc2)c2ccccc21. The standard InChI is InChI=1S/C20H22N2O/c1-20(2,21-13-15-9-5-4-6-10-15)19(23)17-14-22(3)18-12-8-7-11-16(17)18/h4-12,14,21H,13H2,1-3H3. The highest BCUT2D eigenvalue weighted by Gasteiger charge is 2.30. The maximum absolute atomic E-state index is 13.0. The van der Waals surface area contributed by atoms with Gasteiger partial charge in [0.15, 0.2) is 5.78 Å². The number of Topliss-reactive ketones (excluding diaryl/α,β-unsaturated/α-hetero) is 1. The van der Waals surface area contributed by atoms with E-state index in [4.69, 9.17) is 0 Å². The van der Waals surface area contributed by atoms with Crippen molar-refractivity contribution >= 4 is 16.7 Å². The summed E-state index contributed by atoms with van der Waals surface area (Å²) in [7, 11) is 1.98. The normalized spacial score (nSPS) is 11.8. The van der Waals surface area contributed by atoms with Gasteiger partial charge in [-0.2, -0.15) is 0 Å². The van der Waals surface area contributed by atoms with Crippen molar-refractivity contribution in [1.29, 1.82) is 0 Å². The number of benzene rings is 2. The first-order chi connectivity index (χ1) is 11.0. The quantitative estimate of drug-likeness (QED) is 0.725. The molecule has 1 N–H and O–H groups in total. The lowest BCUT2D eigenvalue weighted by Crippen LogP contribution is -2.46. The van der Waals surface area contributed by atoms with Crippen LogP contribution in [0.2, 0.25) is 0 Å². The van der Waals surface area contributed by atoms with Gasteiger partial charge in [-0.3, -0.25) is 4.79 Å². The number of aryl methyl sites for hydroxylation is 1. The van der Waals surface area contributed by atoms with Gasteiger partial charge in [-0.1, -0.05) is 48.5 Å². The van der Waals surface area contributed by atoms with Crippen molar-refractivity contribution in [2.45, 2.75) is 25.9 Å². The molecule has 1 aromatic heterocycles. The van der Waals surface area contributed by atoms with Crippen LogP contribution in [0.4, 0.5) is 0 Å². The fraction of sp³-hybridized carbons (Fsp3) is 0.250. The predicted molar refractivity (Wildman–Crippen MR) is 94.6 cm³/mol. The maximum Gasteiger partial charge on any atom is 0.184 e. The minimum atomic E-state index is -0.625. The highest BCUT2D eigenvalue weighted by atomic mass is 16.1. The van der Waals surface area contributed by atoms with E-state index in [0.29, 0.717) is 6.54 Å². The van der Waals surface area contributed by atoms with Crippen molar-refractivity contribution in [3.8, 4) is 0 Å². The van der Waals surface area contributed by atoms with Gasteiger partial charge in [-0.15, -0.1) is 0 Å². The Morgan fingerprint density at radius 3 is 2.43 bits per heavy atom.